The number of aromatic nitrogens is 2. The summed E-state index contributed by atoms with van der Waals surface area (Å²) in [7, 11) is 0. The maximum atomic E-state index is 15.4. The summed E-state index contributed by atoms with van der Waals surface area (Å²) in [4.78, 5) is 38.4. The Labute approximate surface area is 351 Å². The summed E-state index contributed by atoms with van der Waals surface area (Å²) in [5.41, 5.74) is -13.7. The number of carboxylic acid groups (broad SMARTS) is 1. The van der Waals surface area contributed by atoms with Crippen molar-refractivity contribution >= 4 is 45.5 Å². The first-order valence-electron chi connectivity index (χ1n) is 17.2. The van der Waals surface area contributed by atoms with Crippen LogP contribution in [0.4, 0.5) is 87.8 Å². The molecule has 27 heteroatoms. The van der Waals surface area contributed by atoms with Crippen LogP contribution in [0.5, 0.6) is 0 Å². The number of benzene rings is 5. The van der Waals surface area contributed by atoms with Gasteiger partial charge in [-0.05, 0) is 0 Å². The van der Waals surface area contributed by atoms with Crippen molar-refractivity contribution in [2.45, 2.75) is 13.0 Å². The Balaban J connectivity index is 0.000000324. The number of nitrogens with zero attached hydrogens (tertiary/aromatic N) is 2. The summed E-state index contributed by atoms with van der Waals surface area (Å²) < 4.78 is 295. The van der Waals surface area contributed by atoms with Crippen LogP contribution in [0.3, 0.4) is 0 Å². The van der Waals surface area contributed by atoms with Crippen molar-refractivity contribution in [1.82, 2.24) is 4.98 Å². The number of Topliss-reactive ketones (excluding diaryl/α,β-unsaturated/α-hetero) is 2. The third kappa shape index (κ3) is 8.05. The van der Waals surface area contributed by atoms with Crippen LogP contribution in [-0.2, 0) is 11.3 Å². The van der Waals surface area contributed by atoms with Gasteiger partial charge in [-0.3, -0.25) is 19.4 Å². The highest BCUT2D eigenvalue weighted by Crippen LogP contribution is 2.30. The van der Waals surface area contributed by atoms with Gasteiger partial charge in [0.05, 0.1) is 6.20 Å². The molecule has 0 saturated carbocycles. The lowest BCUT2D eigenvalue weighted by molar-refractivity contribution is -0.685. The molecule has 6 nitrogen and oxygen atoms in total. The second kappa shape index (κ2) is 18.6. The predicted octanol–water partition coefficient (Wildman–Crippen LogP) is 6.76. The molecule has 66 heavy (non-hydrogen) atoms. The SMILES string of the molecule is Fc1c(F)c(F)c([B-](c2c(F)c(F)c(F)c(F)c2F)(c2c(F)c(F)c(F)c(F)c2F)c2c(F)c(F)c(F)c(F)c2F)c(F)c1F.O=C(O)CC(=O)c1cncc[n+]1CC(=O)c1ccccc1. The van der Waals surface area contributed by atoms with Crippen LogP contribution < -0.4 is 26.4 Å². The van der Waals surface area contributed by atoms with Gasteiger partial charge >= 0.3 is 5.97 Å². The molecular weight excluding hydrogens is 951 g/mol. The van der Waals surface area contributed by atoms with Crippen molar-refractivity contribution in [2.75, 3.05) is 0 Å². The van der Waals surface area contributed by atoms with Gasteiger partial charge in [0.25, 0.3) is 5.69 Å². The number of ketones is 2. The van der Waals surface area contributed by atoms with E-state index < -0.39 is 163 Å². The van der Waals surface area contributed by atoms with Gasteiger partial charge in [-0.2, -0.15) is 4.57 Å². The summed E-state index contributed by atoms with van der Waals surface area (Å²) in [5, 5.41) is 8.68. The van der Waals surface area contributed by atoms with Crippen LogP contribution in [-0.4, -0.2) is 33.8 Å². The quantitative estimate of drug-likeness (QED) is 0.0313. The van der Waals surface area contributed by atoms with Gasteiger partial charge < -0.3 is 5.11 Å². The largest absolute Gasteiger partial charge is 0.481 e. The van der Waals surface area contributed by atoms with Crippen molar-refractivity contribution < 1.29 is 112 Å². The Bertz CT molecular complexity index is 2630. The van der Waals surface area contributed by atoms with E-state index in [1.165, 1.54) is 23.2 Å². The number of halogens is 20. The molecule has 1 N–H and O–H groups in total. The number of carbonyl (C=O) groups is 3. The number of hydrogen-bond acceptors (Lipinski definition) is 4. The maximum absolute atomic E-state index is 15.4. The number of rotatable bonds is 10. The van der Waals surface area contributed by atoms with Crippen LogP contribution in [0.1, 0.15) is 27.3 Å². The lowest BCUT2D eigenvalue weighted by Crippen LogP contribution is -2.81. The average Bonchev–Trinajstić information content (AvgIpc) is 3.29. The monoisotopic (exact) mass is 964 g/mol. The fourth-order valence-electron chi connectivity index (χ4n) is 6.73. The molecule has 5 aromatic carbocycles. The summed E-state index contributed by atoms with van der Waals surface area (Å²) in [6, 6.07) is 8.67. The average molecular weight is 964 g/mol. The summed E-state index contributed by atoms with van der Waals surface area (Å²) in [6.45, 7) is -0.0484. The second-order valence-corrected chi connectivity index (χ2v) is 13.2. The van der Waals surface area contributed by atoms with E-state index in [0.717, 1.165) is 0 Å². The van der Waals surface area contributed by atoms with Crippen molar-refractivity contribution in [1.29, 1.82) is 0 Å². The van der Waals surface area contributed by atoms with E-state index in [0.29, 0.717) is 5.56 Å². The van der Waals surface area contributed by atoms with Gasteiger partial charge in [0.2, 0.25) is 18.1 Å². The number of hydrogen-bond donors (Lipinski definition) is 1. The van der Waals surface area contributed by atoms with Gasteiger partial charge in [0.15, 0.2) is 76.0 Å². The van der Waals surface area contributed by atoms with Gasteiger partial charge in [0.1, 0.15) is 65.3 Å². The molecule has 0 radical (unpaired) electrons. The molecular formula is C39H13BF20N2O4. The topological polar surface area (TPSA) is 88.2 Å². The number of carboxylic acids is 1. The summed E-state index contributed by atoms with van der Waals surface area (Å²) >= 11 is 0. The Kier molecular flexibility index (Phi) is 14.0. The molecule has 6 aromatic rings. The van der Waals surface area contributed by atoms with E-state index in [2.05, 4.69) is 4.98 Å². The molecule has 346 valence electrons. The molecule has 0 bridgehead atoms. The minimum Gasteiger partial charge on any atom is -0.481 e. The maximum Gasteiger partial charge on any atom is 0.311 e. The second-order valence-electron chi connectivity index (χ2n) is 13.2. The minimum atomic E-state index is -7.22. The van der Waals surface area contributed by atoms with Crippen LogP contribution >= 0.6 is 0 Å². The minimum absolute atomic E-state index is 0.0484. The molecule has 6 rings (SSSR count). The zero-order chi connectivity index (χ0) is 49.6. The van der Waals surface area contributed by atoms with E-state index in [-0.39, 0.29) is 18.0 Å². The number of aliphatic carboxylic acids is 1. The van der Waals surface area contributed by atoms with Gasteiger partial charge in [-0.25, -0.2) is 87.8 Å². The Morgan fingerprint density at radius 3 is 1.02 bits per heavy atom. The van der Waals surface area contributed by atoms with Crippen LogP contribution in [0, 0.1) is 116 Å². The van der Waals surface area contributed by atoms with Crippen LogP contribution in [0.15, 0.2) is 48.9 Å². The molecule has 0 saturated heterocycles. The van der Waals surface area contributed by atoms with E-state index in [9.17, 15) is 67.1 Å². The third-order valence-corrected chi connectivity index (χ3v) is 9.55. The molecule has 0 unspecified atom stereocenters. The first-order chi connectivity index (χ1) is 30.8. The van der Waals surface area contributed by atoms with Crippen molar-refractivity contribution in [3.8, 4) is 0 Å². The van der Waals surface area contributed by atoms with Crippen LogP contribution in [0.2, 0.25) is 0 Å². The summed E-state index contributed by atoms with van der Waals surface area (Å²) in [5.74, 6) is -73.4. The Hall–Kier alpha value is -7.35. The zero-order valence-electron chi connectivity index (χ0n) is 31.2. The highest BCUT2D eigenvalue weighted by atomic mass is 19.2. The lowest BCUT2D eigenvalue weighted by atomic mass is 9.12. The van der Waals surface area contributed by atoms with Crippen LogP contribution in [0.25, 0.3) is 0 Å². The van der Waals surface area contributed by atoms with Gasteiger partial charge in [0, 0.05) is 5.56 Å². The molecule has 1 heterocycles. The molecule has 0 fully saturated rings. The first-order valence-corrected chi connectivity index (χ1v) is 17.2. The van der Waals surface area contributed by atoms with Crippen molar-refractivity contribution in [2.24, 2.45) is 0 Å². The molecule has 0 aliphatic rings. The van der Waals surface area contributed by atoms with E-state index in [1.54, 1.807) is 30.3 Å². The smallest absolute Gasteiger partial charge is 0.311 e. The normalized spacial score (nSPS) is 11.4. The van der Waals surface area contributed by atoms with E-state index in [4.69, 9.17) is 5.11 Å². The van der Waals surface area contributed by atoms with E-state index >= 15 is 35.1 Å². The lowest BCUT2D eigenvalue weighted by Gasteiger charge is -2.44. The highest BCUT2D eigenvalue weighted by Gasteiger charge is 2.52. The van der Waals surface area contributed by atoms with Gasteiger partial charge in [-0.15, -0.1) is 21.9 Å². The Morgan fingerprint density at radius 2 is 0.727 bits per heavy atom. The van der Waals surface area contributed by atoms with Gasteiger partial charge in [-0.1, -0.05) is 30.3 Å². The predicted molar refractivity (Wildman–Crippen MR) is 181 cm³/mol. The standard InChI is InChI=1S/C24BF20.C15H12N2O4/c26-5-1(6(27)14(35)21(42)13(5)34)25(2-7(28)15(36)22(43)16(37)8(2)29,3-9(30)17(38)23(44)18(39)10(3)31)4-11(32)19(40)24(45)20(41)12(4)33;18-13(8-15(20)21)12-9-16-6-7-17(12)10-14(19)11-4-2-1-3-5-11/h;1-7,9H,8,10H2/q-1;/p+1. The zero-order valence-corrected chi connectivity index (χ0v) is 31.2. The summed E-state index contributed by atoms with van der Waals surface area (Å²) in [6.07, 6.45) is -3.66. The van der Waals surface area contributed by atoms with Crippen molar-refractivity contribution in [3.05, 3.63) is 177 Å². The highest BCUT2D eigenvalue weighted by molar-refractivity contribution is 7.20. The first kappa shape index (κ1) is 49.7. The fourth-order valence-corrected chi connectivity index (χ4v) is 6.73. The molecule has 0 aliphatic heterocycles. The number of carbonyl (C=O) groups excluding carboxylic acids is 2. The molecule has 0 amide bonds. The fraction of sp³-hybridized carbons (Fsp3) is 0.0513. The van der Waals surface area contributed by atoms with E-state index in [1.807, 2.05) is 0 Å². The Morgan fingerprint density at radius 1 is 0.439 bits per heavy atom. The third-order valence-electron chi connectivity index (χ3n) is 9.55. The molecule has 0 aliphatic carbocycles. The van der Waals surface area contributed by atoms with Crippen molar-refractivity contribution in [3.63, 3.8) is 0 Å². The molecule has 0 atom stereocenters. The molecule has 1 aromatic heterocycles. The molecule has 0 spiro atoms.